The smallest absolute Gasteiger partial charge is 0.220 e. The Balaban J connectivity index is 1.30. The zero-order chi connectivity index (χ0) is 22.1. The third kappa shape index (κ3) is 4.73. The van der Waals surface area contributed by atoms with Gasteiger partial charge in [0.2, 0.25) is 5.91 Å². The largest absolute Gasteiger partial charge is 0.354 e. The Bertz CT molecular complexity index is 622. The van der Waals surface area contributed by atoms with Crippen LogP contribution in [0.4, 0.5) is 0 Å². The first kappa shape index (κ1) is 24.0. The zero-order valence-electron chi connectivity index (χ0n) is 20.9. The lowest BCUT2D eigenvalue weighted by Crippen LogP contribution is -2.52. The van der Waals surface area contributed by atoms with Gasteiger partial charge in [0.05, 0.1) is 0 Å². The van der Waals surface area contributed by atoms with Gasteiger partial charge in [-0.1, -0.05) is 26.7 Å². The quantitative estimate of drug-likeness (QED) is 0.418. The topological polar surface area (TPSA) is 29.1 Å². The molecule has 4 aliphatic rings. The number of nitrogens with one attached hydrogen (secondary N) is 1. The molecular formula is C28H49NOS. The molecule has 8 atom stereocenters. The van der Waals surface area contributed by atoms with Crippen LogP contribution in [-0.2, 0) is 4.79 Å². The molecule has 0 spiro atoms. The summed E-state index contributed by atoms with van der Waals surface area (Å²) < 4.78 is 0. The van der Waals surface area contributed by atoms with Crippen molar-refractivity contribution >= 4 is 17.7 Å². The number of hydrogen-bond donors (Lipinski definition) is 1. The Kier molecular flexibility index (Phi) is 7.71. The lowest BCUT2D eigenvalue weighted by Gasteiger charge is -2.60. The molecule has 7 unspecified atom stereocenters. The molecule has 0 bridgehead atoms. The maximum atomic E-state index is 12.4. The van der Waals surface area contributed by atoms with Crippen LogP contribution in [0.5, 0.6) is 0 Å². The molecule has 0 heterocycles. The SMILES string of the molecule is CSCCC(C)NC(=O)CCC[C@H]1CCC2C3CCC4CCCCC4(C)C3CCC21C. The van der Waals surface area contributed by atoms with E-state index >= 15 is 0 Å². The van der Waals surface area contributed by atoms with Crippen LogP contribution >= 0.6 is 11.8 Å². The molecule has 178 valence electrons. The molecule has 4 fully saturated rings. The standard InChI is InChI=1S/C28H49NOS/c1-20(16-19-31-4)29-26(30)10-7-9-22-12-14-24-23-13-11-21-8-5-6-17-27(21,2)25(23)15-18-28(22,24)3/h20-25H,5-19H2,1-4H3,(H,29,30)/t20?,21?,22-,23?,24?,25?,27?,28?/m0/s1. The first-order valence-electron chi connectivity index (χ1n) is 13.7. The Morgan fingerprint density at radius 3 is 2.61 bits per heavy atom. The maximum absolute atomic E-state index is 12.4. The summed E-state index contributed by atoms with van der Waals surface area (Å²) in [6, 6.07) is 0.319. The van der Waals surface area contributed by atoms with Crippen molar-refractivity contribution in [3.05, 3.63) is 0 Å². The van der Waals surface area contributed by atoms with Gasteiger partial charge in [-0.2, -0.15) is 11.8 Å². The number of carbonyl (C=O) groups excluding carboxylic acids is 1. The predicted molar refractivity (Wildman–Crippen MR) is 134 cm³/mol. The summed E-state index contributed by atoms with van der Waals surface area (Å²) in [6.45, 7) is 7.50. The maximum Gasteiger partial charge on any atom is 0.220 e. The molecule has 0 aromatic rings. The van der Waals surface area contributed by atoms with Crippen LogP contribution in [0.15, 0.2) is 0 Å². The van der Waals surface area contributed by atoms with Gasteiger partial charge in [-0.15, -0.1) is 0 Å². The van der Waals surface area contributed by atoms with Crippen molar-refractivity contribution < 1.29 is 4.79 Å². The Hall–Kier alpha value is -0.180. The van der Waals surface area contributed by atoms with Crippen LogP contribution in [-0.4, -0.2) is 24.0 Å². The molecule has 0 radical (unpaired) electrons. The molecule has 4 aliphatic carbocycles. The highest BCUT2D eigenvalue weighted by Gasteiger charge is 2.59. The minimum absolute atomic E-state index is 0.278. The number of rotatable bonds is 8. The van der Waals surface area contributed by atoms with E-state index in [2.05, 4.69) is 32.3 Å². The molecule has 0 aromatic heterocycles. The molecule has 0 aromatic carbocycles. The third-order valence-corrected chi connectivity index (χ3v) is 11.5. The van der Waals surface area contributed by atoms with E-state index in [1.807, 2.05) is 11.8 Å². The van der Waals surface area contributed by atoms with Crippen LogP contribution in [0.2, 0.25) is 0 Å². The first-order valence-corrected chi connectivity index (χ1v) is 15.1. The molecule has 1 N–H and O–H groups in total. The second-order valence-corrected chi connectivity index (χ2v) is 13.3. The number of carbonyl (C=O) groups is 1. The van der Waals surface area contributed by atoms with Gasteiger partial charge >= 0.3 is 0 Å². The number of amides is 1. The number of fused-ring (bicyclic) bond motifs is 5. The van der Waals surface area contributed by atoms with E-state index in [1.165, 1.54) is 70.6 Å². The highest BCUT2D eigenvalue weighted by atomic mass is 32.2. The Labute approximate surface area is 196 Å². The molecule has 0 saturated heterocycles. The second-order valence-electron chi connectivity index (χ2n) is 12.4. The van der Waals surface area contributed by atoms with E-state index in [0.29, 0.717) is 16.9 Å². The van der Waals surface area contributed by atoms with Crippen LogP contribution in [0.25, 0.3) is 0 Å². The molecule has 0 aliphatic heterocycles. The fraction of sp³-hybridized carbons (Fsp3) is 0.964. The van der Waals surface area contributed by atoms with Crippen molar-refractivity contribution in [1.82, 2.24) is 5.32 Å². The normalized spacial score (nSPS) is 42.9. The highest BCUT2D eigenvalue weighted by molar-refractivity contribution is 7.98. The minimum Gasteiger partial charge on any atom is -0.354 e. The van der Waals surface area contributed by atoms with Gasteiger partial charge in [0, 0.05) is 12.5 Å². The molecule has 3 heteroatoms. The summed E-state index contributed by atoms with van der Waals surface area (Å²) in [6.07, 6.45) is 21.2. The number of thioether (sulfide) groups is 1. The second kappa shape index (κ2) is 9.98. The van der Waals surface area contributed by atoms with Gasteiger partial charge in [0.15, 0.2) is 0 Å². The van der Waals surface area contributed by atoms with Crippen molar-refractivity contribution in [3.8, 4) is 0 Å². The summed E-state index contributed by atoms with van der Waals surface area (Å²) in [5.74, 6) is 6.28. The monoisotopic (exact) mass is 447 g/mol. The van der Waals surface area contributed by atoms with Crippen LogP contribution in [0, 0.1) is 40.4 Å². The average Bonchev–Trinajstić information content (AvgIpc) is 3.08. The van der Waals surface area contributed by atoms with Gasteiger partial charge in [-0.25, -0.2) is 0 Å². The summed E-state index contributed by atoms with van der Waals surface area (Å²) >= 11 is 1.86. The zero-order valence-corrected chi connectivity index (χ0v) is 21.7. The Morgan fingerprint density at radius 2 is 1.81 bits per heavy atom. The van der Waals surface area contributed by atoms with E-state index in [-0.39, 0.29) is 5.91 Å². The van der Waals surface area contributed by atoms with Gasteiger partial charge in [-0.05, 0) is 130 Å². The van der Waals surface area contributed by atoms with E-state index in [1.54, 1.807) is 0 Å². The molecular weight excluding hydrogens is 398 g/mol. The van der Waals surface area contributed by atoms with Crippen molar-refractivity contribution in [3.63, 3.8) is 0 Å². The van der Waals surface area contributed by atoms with E-state index in [0.717, 1.165) is 54.6 Å². The van der Waals surface area contributed by atoms with Gasteiger partial charge in [0.1, 0.15) is 0 Å². The van der Waals surface area contributed by atoms with Crippen molar-refractivity contribution in [2.75, 3.05) is 12.0 Å². The molecule has 2 nitrogen and oxygen atoms in total. The summed E-state index contributed by atoms with van der Waals surface area (Å²) in [7, 11) is 0. The molecule has 31 heavy (non-hydrogen) atoms. The number of hydrogen-bond acceptors (Lipinski definition) is 2. The van der Waals surface area contributed by atoms with Crippen molar-refractivity contribution in [2.45, 2.75) is 117 Å². The van der Waals surface area contributed by atoms with Crippen molar-refractivity contribution in [2.24, 2.45) is 40.4 Å². The van der Waals surface area contributed by atoms with E-state index < -0.39 is 0 Å². The predicted octanol–water partition coefficient (Wildman–Crippen LogP) is 7.46. The highest BCUT2D eigenvalue weighted by Crippen LogP contribution is 2.67. The molecule has 4 saturated carbocycles. The average molecular weight is 448 g/mol. The summed E-state index contributed by atoms with van der Waals surface area (Å²) in [5, 5.41) is 3.22. The lowest BCUT2D eigenvalue weighted by molar-refractivity contribution is -0.122. The lowest BCUT2D eigenvalue weighted by atomic mass is 9.45. The van der Waals surface area contributed by atoms with Gasteiger partial charge < -0.3 is 5.32 Å². The minimum atomic E-state index is 0.278. The fourth-order valence-corrected chi connectivity index (χ4v) is 9.69. The van der Waals surface area contributed by atoms with E-state index in [4.69, 9.17) is 0 Å². The van der Waals surface area contributed by atoms with E-state index in [9.17, 15) is 4.79 Å². The fourth-order valence-electron chi connectivity index (χ4n) is 9.10. The Morgan fingerprint density at radius 1 is 1.00 bits per heavy atom. The van der Waals surface area contributed by atoms with Crippen molar-refractivity contribution in [1.29, 1.82) is 0 Å². The molecule has 1 amide bonds. The summed E-state index contributed by atoms with van der Waals surface area (Å²) in [5.41, 5.74) is 1.22. The van der Waals surface area contributed by atoms with Crippen LogP contribution in [0.1, 0.15) is 111 Å². The summed E-state index contributed by atoms with van der Waals surface area (Å²) in [4.78, 5) is 12.4. The van der Waals surface area contributed by atoms with Gasteiger partial charge in [0.25, 0.3) is 0 Å². The molecule has 4 rings (SSSR count). The first-order chi connectivity index (χ1) is 14.9. The van der Waals surface area contributed by atoms with Crippen LogP contribution < -0.4 is 5.32 Å². The third-order valence-electron chi connectivity index (χ3n) is 10.9. The van der Waals surface area contributed by atoms with Crippen LogP contribution in [0.3, 0.4) is 0 Å². The van der Waals surface area contributed by atoms with Gasteiger partial charge in [-0.3, -0.25) is 4.79 Å².